The number of nitrogens with one attached hydrogen (secondary N) is 1. The zero-order valence-corrected chi connectivity index (χ0v) is 18.0. The number of hydrogen-bond donors (Lipinski definition) is 3. The molecule has 3 aromatic carbocycles. The third-order valence-electron chi connectivity index (χ3n) is 5.41. The summed E-state index contributed by atoms with van der Waals surface area (Å²) in [6, 6.07) is 17.0. The van der Waals surface area contributed by atoms with Gasteiger partial charge in [-0.15, -0.1) is 0 Å². The van der Waals surface area contributed by atoms with Crippen molar-refractivity contribution in [2.45, 2.75) is 32.3 Å². The van der Waals surface area contributed by atoms with E-state index < -0.39 is 17.8 Å². The van der Waals surface area contributed by atoms with Crippen molar-refractivity contribution in [3.05, 3.63) is 77.6 Å². The van der Waals surface area contributed by atoms with Crippen LogP contribution in [0.5, 0.6) is 0 Å². The van der Waals surface area contributed by atoms with E-state index in [9.17, 15) is 9.90 Å². The number of aromatic nitrogens is 1. The highest BCUT2D eigenvalue weighted by Gasteiger charge is 2.23. The van der Waals surface area contributed by atoms with Crippen LogP contribution < -0.4 is 11.1 Å². The van der Waals surface area contributed by atoms with Gasteiger partial charge in [-0.3, -0.25) is 4.79 Å². The van der Waals surface area contributed by atoms with E-state index >= 15 is 4.39 Å². The Morgan fingerprint density at radius 1 is 1.12 bits per heavy atom. The van der Waals surface area contributed by atoms with Gasteiger partial charge in [0.2, 0.25) is 5.88 Å². The van der Waals surface area contributed by atoms with Gasteiger partial charge in [0.15, 0.2) is 6.10 Å². The SMILES string of the molecule is CC(C)(C)c1ccc(-c2cccc(C(O)C(=O)Nc3ccc4c(N)onc4c3)c2F)cc1. The summed E-state index contributed by atoms with van der Waals surface area (Å²) in [5.74, 6) is -1.23. The van der Waals surface area contributed by atoms with E-state index in [2.05, 4.69) is 31.2 Å². The Balaban J connectivity index is 1.58. The molecule has 1 unspecified atom stereocenters. The van der Waals surface area contributed by atoms with Crippen LogP contribution in [0.3, 0.4) is 0 Å². The summed E-state index contributed by atoms with van der Waals surface area (Å²) in [7, 11) is 0. The minimum absolute atomic E-state index is 0.0199. The van der Waals surface area contributed by atoms with Crippen LogP contribution in [0.25, 0.3) is 22.0 Å². The predicted molar refractivity (Wildman–Crippen MR) is 123 cm³/mol. The Morgan fingerprint density at radius 3 is 2.53 bits per heavy atom. The molecular formula is C25H24FN3O3. The van der Waals surface area contributed by atoms with Crippen molar-refractivity contribution in [1.82, 2.24) is 5.16 Å². The molecule has 0 aliphatic heterocycles. The van der Waals surface area contributed by atoms with Crippen molar-refractivity contribution in [2.24, 2.45) is 0 Å². The van der Waals surface area contributed by atoms with Gasteiger partial charge >= 0.3 is 0 Å². The van der Waals surface area contributed by atoms with E-state index in [1.807, 2.05) is 24.3 Å². The molecule has 0 bridgehead atoms. The minimum atomic E-state index is -1.69. The smallest absolute Gasteiger partial charge is 0.257 e. The second kappa shape index (κ2) is 8.09. The van der Waals surface area contributed by atoms with Gasteiger partial charge < -0.3 is 20.7 Å². The molecule has 1 heterocycles. The average molecular weight is 433 g/mol. The van der Waals surface area contributed by atoms with Gasteiger partial charge in [0.1, 0.15) is 11.3 Å². The minimum Gasteiger partial charge on any atom is -0.378 e. The molecule has 6 nitrogen and oxygen atoms in total. The number of fused-ring (bicyclic) bond motifs is 1. The molecule has 1 atom stereocenters. The first kappa shape index (κ1) is 21.5. The Labute approximate surface area is 184 Å². The molecule has 4 N–H and O–H groups in total. The number of rotatable bonds is 4. The van der Waals surface area contributed by atoms with E-state index in [1.165, 1.54) is 6.07 Å². The number of nitrogens with two attached hydrogens (primary N) is 1. The molecule has 4 rings (SSSR count). The van der Waals surface area contributed by atoms with Gasteiger partial charge in [-0.05, 0) is 34.7 Å². The standard InChI is InChI=1S/C25H24FN3O3/c1-25(2,3)15-9-7-14(8-10-15)17-5-4-6-19(21(17)26)22(30)24(31)28-16-11-12-18-20(13-16)29-32-23(18)27/h4-13,22,30H,27H2,1-3H3,(H,28,31). The summed E-state index contributed by atoms with van der Waals surface area (Å²) < 4.78 is 20.2. The first-order chi connectivity index (χ1) is 15.1. The van der Waals surface area contributed by atoms with Gasteiger partial charge in [0.25, 0.3) is 5.91 Å². The summed E-state index contributed by atoms with van der Waals surface area (Å²) >= 11 is 0. The van der Waals surface area contributed by atoms with Crippen molar-refractivity contribution >= 4 is 28.4 Å². The maximum absolute atomic E-state index is 15.3. The van der Waals surface area contributed by atoms with E-state index in [4.69, 9.17) is 10.3 Å². The summed E-state index contributed by atoms with van der Waals surface area (Å²) in [5.41, 5.74) is 8.48. The maximum Gasteiger partial charge on any atom is 0.257 e. The van der Waals surface area contributed by atoms with E-state index in [-0.39, 0.29) is 16.9 Å². The Morgan fingerprint density at radius 2 is 1.84 bits per heavy atom. The summed E-state index contributed by atoms with van der Waals surface area (Å²) in [4.78, 5) is 12.6. The lowest BCUT2D eigenvalue weighted by Gasteiger charge is -2.19. The highest BCUT2D eigenvalue weighted by atomic mass is 19.1. The normalized spacial score (nSPS) is 12.7. The number of aliphatic hydroxyl groups is 1. The van der Waals surface area contributed by atoms with E-state index in [0.29, 0.717) is 27.7 Å². The molecule has 7 heteroatoms. The van der Waals surface area contributed by atoms with Crippen molar-refractivity contribution < 1.29 is 18.8 Å². The molecule has 0 saturated carbocycles. The summed E-state index contributed by atoms with van der Waals surface area (Å²) in [6.45, 7) is 6.31. The number of carbonyl (C=O) groups excluding carboxylic acids is 1. The van der Waals surface area contributed by atoms with Crippen LogP contribution in [0.2, 0.25) is 0 Å². The fraction of sp³-hybridized carbons (Fsp3) is 0.200. The van der Waals surface area contributed by atoms with Gasteiger partial charge in [-0.2, -0.15) is 0 Å². The lowest BCUT2D eigenvalue weighted by molar-refractivity contribution is -0.124. The molecule has 4 aromatic rings. The molecule has 0 aliphatic carbocycles. The van der Waals surface area contributed by atoms with Crippen LogP contribution in [0.1, 0.15) is 38.0 Å². The van der Waals surface area contributed by atoms with Crippen LogP contribution in [0.4, 0.5) is 16.0 Å². The largest absolute Gasteiger partial charge is 0.378 e. The number of benzene rings is 3. The summed E-state index contributed by atoms with van der Waals surface area (Å²) in [5, 5.41) is 17.5. The number of hydrogen-bond acceptors (Lipinski definition) is 5. The molecule has 0 saturated heterocycles. The molecule has 0 spiro atoms. The fourth-order valence-corrected chi connectivity index (χ4v) is 3.53. The number of halogens is 1. The lowest BCUT2D eigenvalue weighted by atomic mass is 9.86. The second-order valence-electron chi connectivity index (χ2n) is 8.71. The van der Waals surface area contributed by atoms with Crippen molar-refractivity contribution in [3.8, 4) is 11.1 Å². The third-order valence-corrected chi connectivity index (χ3v) is 5.41. The zero-order valence-electron chi connectivity index (χ0n) is 18.0. The zero-order chi connectivity index (χ0) is 23.0. The van der Waals surface area contributed by atoms with Gasteiger partial charge in [-0.1, -0.05) is 68.4 Å². The number of aliphatic hydroxyl groups excluding tert-OH is 1. The molecule has 0 aliphatic rings. The number of carbonyl (C=O) groups is 1. The van der Waals surface area contributed by atoms with Gasteiger partial charge in [0.05, 0.1) is 5.39 Å². The van der Waals surface area contributed by atoms with Crippen LogP contribution in [-0.2, 0) is 10.2 Å². The third kappa shape index (κ3) is 4.07. The number of amides is 1. The first-order valence-electron chi connectivity index (χ1n) is 10.2. The second-order valence-corrected chi connectivity index (χ2v) is 8.71. The van der Waals surface area contributed by atoms with E-state index in [1.54, 1.807) is 30.3 Å². The molecular weight excluding hydrogens is 409 g/mol. The quantitative estimate of drug-likeness (QED) is 0.411. The van der Waals surface area contributed by atoms with Crippen LogP contribution in [0.15, 0.2) is 65.2 Å². The molecule has 164 valence electrons. The fourth-order valence-electron chi connectivity index (χ4n) is 3.53. The monoisotopic (exact) mass is 433 g/mol. The Hall–Kier alpha value is -3.71. The molecule has 0 fully saturated rings. The maximum atomic E-state index is 15.3. The molecule has 1 aromatic heterocycles. The van der Waals surface area contributed by atoms with Crippen molar-refractivity contribution in [3.63, 3.8) is 0 Å². The number of anilines is 2. The summed E-state index contributed by atoms with van der Waals surface area (Å²) in [6.07, 6.45) is -1.69. The van der Waals surface area contributed by atoms with Gasteiger partial charge in [-0.25, -0.2) is 4.39 Å². The first-order valence-corrected chi connectivity index (χ1v) is 10.2. The van der Waals surface area contributed by atoms with Crippen LogP contribution >= 0.6 is 0 Å². The van der Waals surface area contributed by atoms with Gasteiger partial charge in [0, 0.05) is 16.8 Å². The van der Waals surface area contributed by atoms with Crippen LogP contribution in [-0.4, -0.2) is 16.2 Å². The van der Waals surface area contributed by atoms with Crippen molar-refractivity contribution in [2.75, 3.05) is 11.1 Å². The number of nitrogens with zero attached hydrogens (tertiary/aromatic N) is 1. The molecule has 1 amide bonds. The highest BCUT2D eigenvalue weighted by molar-refractivity contribution is 5.98. The predicted octanol–water partition coefficient (Wildman–Crippen LogP) is 5.19. The topological polar surface area (TPSA) is 101 Å². The molecule has 32 heavy (non-hydrogen) atoms. The van der Waals surface area contributed by atoms with E-state index in [0.717, 1.165) is 5.56 Å². The van der Waals surface area contributed by atoms with Crippen LogP contribution in [0, 0.1) is 5.82 Å². The Bertz CT molecular complexity index is 1290. The lowest BCUT2D eigenvalue weighted by Crippen LogP contribution is -2.21. The molecule has 0 radical (unpaired) electrons. The number of nitrogen functional groups attached to an aromatic ring is 1. The van der Waals surface area contributed by atoms with Crippen molar-refractivity contribution in [1.29, 1.82) is 0 Å². The Kier molecular flexibility index (Phi) is 5.44. The highest BCUT2D eigenvalue weighted by Crippen LogP contribution is 2.31. The average Bonchev–Trinajstić information content (AvgIpc) is 3.13.